The molecule has 2 aliphatic carbocycles. The highest BCUT2D eigenvalue weighted by molar-refractivity contribution is 5.61. The second-order valence-electron chi connectivity index (χ2n) is 6.93. The number of aliphatic hydroxyl groups excluding tert-OH is 1. The molecule has 0 radical (unpaired) electrons. The van der Waals surface area contributed by atoms with Crippen LogP contribution in [0.25, 0.3) is 0 Å². The second-order valence-corrected chi connectivity index (χ2v) is 6.93. The van der Waals surface area contributed by atoms with Gasteiger partial charge in [-0.15, -0.1) is 0 Å². The molecule has 4 aliphatic rings. The molecule has 1 aromatic rings. The van der Waals surface area contributed by atoms with Gasteiger partial charge in [0.2, 0.25) is 0 Å². The van der Waals surface area contributed by atoms with Crippen LogP contribution in [0, 0.1) is 5.92 Å². The molecule has 5 atom stereocenters. The number of likely N-dealkylation sites (tertiary alicyclic amines) is 1. The molecular weight excluding hydrogens is 266 g/mol. The fourth-order valence-corrected chi connectivity index (χ4v) is 5.24. The smallest absolute Gasteiger partial charge is 0.165 e. The molecule has 4 nitrogen and oxygen atoms in total. The molecular formula is C17H19NO3. The standard InChI is InChI=1S/C17H19NO3/c1-18-7-6-17-10-3-5-13(20)16(17)21-15-12(19)4-2-9(14(15)17)8-11(10)18/h2-5,10-11,13,16,19-20H,6-8H2,1H3/t10-,11?,13-,16?,17-/m0/s1. The van der Waals surface area contributed by atoms with Crippen molar-refractivity contribution in [2.75, 3.05) is 13.6 Å². The number of likely N-dealkylation sites (N-methyl/N-ethyl adjacent to an activating group) is 1. The zero-order valence-corrected chi connectivity index (χ0v) is 12.0. The average Bonchev–Trinajstić information content (AvgIpc) is 2.83. The number of aromatic hydroxyl groups is 1. The van der Waals surface area contributed by atoms with E-state index in [2.05, 4.69) is 18.0 Å². The summed E-state index contributed by atoms with van der Waals surface area (Å²) in [6.45, 7) is 1.01. The molecule has 2 aliphatic heterocycles. The number of phenolic OH excluding ortho intramolecular Hbond substituents is 1. The van der Waals surface area contributed by atoms with Crippen molar-refractivity contribution in [2.45, 2.75) is 36.5 Å². The number of hydrogen-bond acceptors (Lipinski definition) is 4. The Morgan fingerprint density at radius 2 is 2.19 bits per heavy atom. The van der Waals surface area contributed by atoms with Crippen LogP contribution in [0.2, 0.25) is 0 Å². The topological polar surface area (TPSA) is 52.9 Å². The lowest BCUT2D eigenvalue weighted by molar-refractivity contribution is -0.0453. The fraction of sp³-hybridized carbons (Fsp3) is 0.529. The summed E-state index contributed by atoms with van der Waals surface area (Å²) >= 11 is 0. The molecule has 2 heterocycles. The van der Waals surface area contributed by atoms with E-state index in [1.165, 1.54) is 11.1 Å². The van der Waals surface area contributed by atoms with Gasteiger partial charge in [-0.3, -0.25) is 0 Å². The van der Waals surface area contributed by atoms with Gasteiger partial charge in [-0.2, -0.15) is 0 Å². The molecule has 2 N–H and O–H groups in total. The van der Waals surface area contributed by atoms with Crippen molar-refractivity contribution in [3.8, 4) is 11.5 Å². The van der Waals surface area contributed by atoms with Crippen molar-refractivity contribution in [1.29, 1.82) is 0 Å². The van der Waals surface area contributed by atoms with Gasteiger partial charge < -0.3 is 19.8 Å². The van der Waals surface area contributed by atoms with Crippen molar-refractivity contribution >= 4 is 0 Å². The van der Waals surface area contributed by atoms with Crippen molar-refractivity contribution in [2.24, 2.45) is 5.92 Å². The van der Waals surface area contributed by atoms with E-state index in [0.717, 1.165) is 19.4 Å². The molecule has 21 heavy (non-hydrogen) atoms. The molecule has 110 valence electrons. The molecule has 4 heteroatoms. The van der Waals surface area contributed by atoms with E-state index in [1.807, 2.05) is 12.1 Å². The lowest BCUT2D eigenvalue weighted by Crippen LogP contribution is -2.64. The Morgan fingerprint density at radius 3 is 3.05 bits per heavy atom. The molecule has 1 spiro atoms. The summed E-state index contributed by atoms with van der Waals surface area (Å²) in [5, 5.41) is 20.6. The highest BCUT2D eigenvalue weighted by Gasteiger charge is 2.64. The zero-order chi connectivity index (χ0) is 14.4. The van der Waals surface area contributed by atoms with Crippen LogP contribution < -0.4 is 4.74 Å². The second kappa shape index (κ2) is 3.62. The first-order chi connectivity index (χ1) is 10.1. The first-order valence-corrected chi connectivity index (χ1v) is 7.71. The van der Waals surface area contributed by atoms with Gasteiger partial charge in [0.05, 0.1) is 0 Å². The predicted molar refractivity (Wildman–Crippen MR) is 77.6 cm³/mol. The molecule has 1 aromatic carbocycles. The number of piperidine rings is 1. The van der Waals surface area contributed by atoms with Gasteiger partial charge in [0.25, 0.3) is 0 Å². The molecule has 5 rings (SSSR count). The van der Waals surface area contributed by atoms with E-state index in [4.69, 9.17) is 4.74 Å². The zero-order valence-electron chi connectivity index (χ0n) is 12.0. The first-order valence-electron chi connectivity index (χ1n) is 7.71. The van der Waals surface area contributed by atoms with E-state index in [-0.39, 0.29) is 17.3 Å². The lowest BCUT2D eigenvalue weighted by atomic mass is 9.53. The number of aliphatic hydroxyl groups is 1. The van der Waals surface area contributed by atoms with Crippen LogP contribution in [0.3, 0.4) is 0 Å². The van der Waals surface area contributed by atoms with Crippen LogP contribution in [0.4, 0.5) is 0 Å². The van der Waals surface area contributed by atoms with E-state index in [1.54, 1.807) is 6.07 Å². The summed E-state index contributed by atoms with van der Waals surface area (Å²) in [6, 6.07) is 4.23. The largest absolute Gasteiger partial charge is 0.504 e. The van der Waals surface area contributed by atoms with E-state index < -0.39 is 6.10 Å². The van der Waals surface area contributed by atoms with Gasteiger partial charge in [0.15, 0.2) is 11.5 Å². The van der Waals surface area contributed by atoms with Crippen LogP contribution in [-0.4, -0.2) is 47.0 Å². The Balaban J connectivity index is 1.84. The number of rotatable bonds is 0. The third-order valence-corrected chi connectivity index (χ3v) is 6.15. The molecule has 0 aromatic heterocycles. The summed E-state index contributed by atoms with van der Waals surface area (Å²) in [5.74, 6) is 1.19. The number of benzene rings is 1. The Morgan fingerprint density at radius 1 is 1.33 bits per heavy atom. The van der Waals surface area contributed by atoms with Gasteiger partial charge in [-0.1, -0.05) is 18.2 Å². The van der Waals surface area contributed by atoms with Crippen LogP contribution in [0.15, 0.2) is 24.3 Å². The normalized spacial score (nSPS) is 42.6. The molecule has 0 amide bonds. The minimum Gasteiger partial charge on any atom is -0.504 e. The maximum absolute atomic E-state index is 10.4. The summed E-state index contributed by atoms with van der Waals surface area (Å²) in [5.41, 5.74) is 2.29. The number of ether oxygens (including phenoxy) is 1. The minimum absolute atomic E-state index is 0.160. The van der Waals surface area contributed by atoms with Crippen LogP contribution in [0.1, 0.15) is 17.5 Å². The van der Waals surface area contributed by atoms with Gasteiger partial charge in [0, 0.05) is 22.9 Å². The Hall–Kier alpha value is -1.52. The molecule has 0 saturated carbocycles. The van der Waals surface area contributed by atoms with Crippen molar-refractivity contribution in [3.63, 3.8) is 0 Å². The fourth-order valence-electron chi connectivity index (χ4n) is 5.24. The molecule has 2 unspecified atom stereocenters. The highest BCUT2D eigenvalue weighted by atomic mass is 16.5. The third kappa shape index (κ3) is 1.21. The minimum atomic E-state index is -0.594. The molecule has 1 fully saturated rings. The summed E-state index contributed by atoms with van der Waals surface area (Å²) < 4.78 is 6.09. The number of nitrogens with zero attached hydrogens (tertiary/aromatic N) is 1. The van der Waals surface area contributed by atoms with E-state index in [0.29, 0.717) is 17.7 Å². The van der Waals surface area contributed by atoms with E-state index >= 15 is 0 Å². The highest BCUT2D eigenvalue weighted by Crippen LogP contribution is 2.62. The van der Waals surface area contributed by atoms with Crippen molar-refractivity contribution < 1.29 is 14.9 Å². The lowest BCUT2D eigenvalue weighted by Gasteiger charge is -2.56. The predicted octanol–water partition coefficient (Wildman–Crippen LogP) is 1.20. The summed E-state index contributed by atoms with van der Waals surface area (Å²) in [7, 11) is 2.19. The van der Waals surface area contributed by atoms with Gasteiger partial charge in [-0.25, -0.2) is 0 Å². The Kier molecular flexibility index (Phi) is 2.08. The molecule has 1 saturated heterocycles. The maximum atomic E-state index is 10.4. The molecule has 2 bridgehead atoms. The van der Waals surface area contributed by atoms with Crippen LogP contribution in [-0.2, 0) is 11.8 Å². The van der Waals surface area contributed by atoms with Gasteiger partial charge in [0.1, 0.15) is 12.2 Å². The summed E-state index contributed by atoms with van der Waals surface area (Å²) in [6.07, 6.45) is 5.18. The monoisotopic (exact) mass is 285 g/mol. The Labute approximate surface area is 123 Å². The number of hydrogen-bond donors (Lipinski definition) is 2. The van der Waals surface area contributed by atoms with E-state index in [9.17, 15) is 10.2 Å². The first kappa shape index (κ1) is 12.1. The van der Waals surface area contributed by atoms with Gasteiger partial charge >= 0.3 is 0 Å². The Bertz CT molecular complexity index is 670. The average molecular weight is 285 g/mol. The van der Waals surface area contributed by atoms with Crippen LogP contribution >= 0.6 is 0 Å². The summed E-state index contributed by atoms with van der Waals surface area (Å²) in [4.78, 5) is 2.43. The third-order valence-electron chi connectivity index (χ3n) is 6.15. The van der Waals surface area contributed by atoms with Gasteiger partial charge in [-0.05, 0) is 38.1 Å². The SMILES string of the molecule is CN1CC[C@]23c4c5ccc(O)c4OC2[C@@H](O)C=C[C@H]3C1C5. The van der Waals surface area contributed by atoms with Crippen molar-refractivity contribution in [1.82, 2.24) is 4.90 Å². The van der Waals surface area contributed by atoms with Crippen LogP contribution in [0.5, 0.6) is 11.5 Å². The van der Waals surface area contributed by atoms with Crippen molar-refractivity contribution in [3.05, 3.63) is 35.4 Å². The number of phenols is 1. The maximum Gasteiger partial charge on any atom is 0.165 e. The quantitative estimate of drug-likeness (QED) is 0.703.